The molecule has 2 aromatic carbocycles. The molecule has 0 bridgehead atoms. The van der Waals surface area contributed by atoms with Gasteiger partial charge in [-0.25, -0.2) is 0 Å². The third kappa shape index (κ3) is 4.09. The van der Waals surface area contributed by atoms with Crippen molar-refractivity contribution in [3.05, 3.63) is 63.1 Å². The number of nitrogens with one attached hydrogen (secondary N) is 1. The van der Waals surface area contributed by atoms with Crippen molar-refractivity contribution in [2.45, 2.75) is 12.5 Å². The predicted octanol–water partition coefficient (Wildman–Crippen LogP) is 3.96. The molecule has 1 N–H and O–H groups in total. The summed E-state index contributed by atoms with van der Waals surface area (Å²) in [6.07, 6.45) is 0.927. The quantitative estimate of drug-likeness (QED) is 0.855. The lowest BCUT2D eigenvalue weighted by atomic mass is 10.0. The molecule has 3 rings (SSSR count). The standard InChI is InChI=1S/C19H20Cl2N2O2/c1-23(2)17(12-3-6-18-13(9-12)7-8-25-18)11-22-19(24)15-5-4-14(20)10-16(15)21/h3-6,9-10,17H,7-8,11H2,1-2H3,(H,22,24). The Balaban J connectivity index is 1.73. The van der Waals surface area contributed by atoms with E-state index in [0.29, 0.717) is 22.2 Å². The SMILES string of the molecule is CN(C)C(CNC(=O)c1ccc(Cl)cc1Cl)c1ccc2c(c1)CCO2. The lowest BCUT2D eigenvalue weighted by Gasteiger charge is -2.25. The highest BCUT2D eigenvalue weighted by Crippen LogP contribution is 2.29. The predicted molar refractivity (Wildman–Crippen MR) is 101 cm³/mol. The minimum Gasteiger partial charge on any atom is -0.493 e. The molecule has 1 amide bonds. The van der Waals surface area contributed by atoms with Crippen LogP contribution in [0.25, 0.3) is 0 Å². The van der Waals surface area contributed by atoms with E-state index in [9.17, 15) is 4.79 Å². The number of benzene rings is 2. The Morgan fingerprint density at radius 2 is 2.04 bits per heavy atom. The summed E-state index contributed by atoms with van der Waals surface area (Å²) in [5, 5.41) is 3.82. The fourth-order valence-corrected chi connectivity index (χ4v) is 3.46. The number of rotatable bonds is 5. The molecule has 0 fully saturated rings. The average Bonchev–Trinajstić information content (AvgIpc) is 3.02. The van der Waals surface area contributed by atoms with Gasteiger partial charge in [0.2, 0.25) is 0 Å². The molecule has 1 heterocycles. The van der Waals surface area contributed by atoms with Gasteiger partial charge in [0.25, 0.3) is 5.91 Å². The number of carbonyl (C=O) groups excluding carboxylic acids is 1. The van der Waals surface area contributed by atoms with Gasteiger partial charge in [-0.2, -0.15) is 0 Å². The zero-order valence-corrected chi connectivity index (χ0v) is 15.7. The van der Waals surface area contributed by atoms with Crippen LogP contribution in [-0.4, -0.2) is 38.1 Å². The highest BCUT2D eigenvalue weighted by atomic mass is 35.5. The van der Waals surface area contributed by atoms with E-state index in [2.05, 4.69) is 22.3 Å². The molecule has 25 heavy (non-hydrogen) atoms. The van der Waals surface area contributed by atoms with Crippen LogP contribution in [-0.2, 0) is 6.42 Å². The third-order valence-corrected chi connectivity index (χ3v) is 4.90. The van der Waals surface area contributed by atoms with E-state index in [1.54, 1.807) is 18.2 Å². The summed E-state index contributed by atoms with van der Waals surface area (Å²) in [4.78, 5) is 14.5. The van der Waals surface area contributed by atoms with Gasteiger partial charge in [0.15, 0.2) is 0 Å². The maximum absolute atomic E-state index is 12.4. The molecular weight excluding hydrogens is 359 g/mol. The van der Waals surface area contributed by atoms with Gasteiger partial charge >= 0.3 is 0 Å². The van der Waals surface area contributed by atoms with Gasteiger partial charge < -0.3 is 15.0 Å². The summed E-state index contributed by atoms with van der Waals surface area (Å²) in [5.41, 5.74) is 2.79. The van der Waals surface area contributed by atoms with Crippen molar-refractivity contribution in [2.75, 3.05) is 27.2 Å². The molecule has 1 unspecified atom stereocenters. The number of carbonyl (C=O) groups is 1. The van der Waals surface area contributed by atoms with Gasteiger partial charge in [-0.15, -0.1) is 0 Å². The first-order valence-corrected chi connectivity index (χ1v) is 8.86. The second-order valence-electron chi connectivity index (χ2n) is 6.28. The first kappa shape index (κ1) is 18.1. The molecule has 6 heteroatoms. The van der Waals surface area contributed by atoms with Gasteiger partial charge in [0.05, 0.1) is 23.2 Å². The molecule has 0 saturated heterocycles. The van der Waals surface area contributed by atoms with Crippen LogP contribution in [0.1, 0.15) is 27.5 Å². The van der Waals surface area contributed by atoms with Crippen LogP contribution in [0.5, 0.6) is 5.75 Å². The molecule has 1 aliphatic heterocycles. The molecule has 1 aliphatic rings. The minimum atomic E-state index is -0.210. The Kier molecular flexibility index (Phi) is 5.52. The molecule has 132 valence electrons. The first-order valence-electron chi connectivity index (χ1n) is 8.11. The van der Waals surface area contributed by atoms with Crippen molar-refractivity contribution in [3.63, 3.8) is 0 Å². The summed E-state index contributed by atoms with van der Waals surface area (Å²) in [6, 6.07) is 11.1. The van der Waals surface area contributed by atoms with E-state index in [-0.39, 0.29) is 11.9 Å². The van der Waals surface area contributed by atoms with E-state index in [0.717, 1.165) is 24.3 Å². The maximum atomic E-state index is 12.4. The van der Waals surface area contributed by atoms with Crippen LogP contribution in [0, 0.1) is 0 Å². The summed E-state index contributed by atoms with van der Waals surface area (Å²) < 4.78 is 5.56. The van der Waals surface area contributed by atoms with Crippen LogP contribution in [0.4, 0.5) is 0 Å². The van der Waals surface area contributed by atoms with Gasteiger partial charge in [-0.1, -0.05) is 35.3 Å². The minimum absolute atomic E-state index is 0.0564. The third-order valence-electron chi connectivity index (χ3n) is 4.35. The van der Waals surface area contributed by atoms with Crippen molar-refractivity contribution in [1.29, 1.82) is 0 Å². The molecule has 1 atom stereocenters. The molecule has 0 spiro atoms. The van der Waals surface area contributed by atoms with Crippen LogP contribution < -0.4 is 10.1 Å². The first-order chi connectivity index (χ1) is 12.0. The van der Waals surface area contributed by atoms with Crippen LogP contribution >= 0.6 is 23.2 Å². The van der Waals surface area contributed by atoms with Crippen molar-refractivity contribution >= 4 is 29.1 Å². The second-order valence-corrected chi connectivity index (χ2v) is 7.12. The lowest BCUT2D eigenvalue weighted by Crippen LogP contribution is -2.34. The molecule has 0 aliphatic carbocycles. The number of hydrogen-bond acceptors (Lipinski definition) is 3. The summed E-state index contributed by atoms with van der Waals surface area (Å²) in [5.74, 6) is 0.747. The van der Waals surface area contributed by atoms with E-state index >= 15 is 0 Å². The number of ether oxygens (including phenoxy) is 1. The average molecular weight is 379 g/mol. The largest absolute Gasteiger partial charge is 0.493 e. The molecular formula is C19H20Cl2N2O2. The van der Waals surface area contributed by atoms with Crippen molar-refractivity contribution in [3.8, 4) is 5.75 Å². The molecule has 0 saturated carbocycles. The highest BCUT2D eigenvalue weighted by Gasteiger charge is 2.20. The zero-order chi connectivity index (χ0) is 18.0. The molecule has 0 radical (unpaired) electrons. The van der Waals surface area contributed by atoms with Gasteiger partial charge in [-0.3, -0.25) is 4.79 Å². The maximum Gasteiger partial charge on any atom is 0.252 e. The second kappa shape index (κ2) is 7.65. The number of nitrogens with zero attached hydrogens (tertiary/aromatic N) is 1. The Labute approximate surface area is 157 Å². The van der Waals surface area contributed by atoms with Crippen molar-refractivity contribution < 1.29 is 9.53 Å². The van der Waals surface area contributed by atoms with E-state index in [1.165, 1.54) is 5.56 Å². The zero-order valence-electron chi connectivity index (χ0n) is 14.2. The van der Waals surface area contributed by atoms with Crippen molar-refractivity contribution in [2.24, 2.45) is 0 Å². The Morgan fingerprint density at radius 3 is 2.76 bits per heavy atom. The highest BCUT2D eigenvalue weighted by molar-refractivity contribution is 6.36. The van der Waals surface area contributed by atoms with Gasteiger partial charge in [0.1, 0.15) is 5.75 Å². The molecule has 2 aromatic rings. The Morgan fingerprint density at radius 1 is 1.24 bits per heavy atom. The van der Waals surface area contributed by atoms with E-state index in [1.807, 2.05) is 20.2 Å². The summed E-state index contributed by atoms with van der Waals surface area (Å²) >= 11 is 12.0. The van der Waals surface area contributed by atoms with E-state index < -0.39 is 0 Å². The summed E-state index contributed by atoms with van der Waals surface area (Å²) in [7, 11) is 3.99. The van der Waals surface area contributed by atoms with Crippen LogP contribution in [0.2, 0.25) is 10.0 Å². The Bertz CT molecular complexity index is 793. The molecule has 4 nitrogen and oxygen atoms in total. The summed E-state index contributed by atoms with van der Waals surface area (Å²) in [6.45, 7) is 1.21. The number of amides is 1. The molecule has 0 aromatic heterocycles. The van der Waals surface area contributed by atoms with Crippen LogP contribution in [0.3, 0.4) is 0 Å². The van der Waals surface area contributed by atoms with E-state index in [4.69, 9.17) is 27.9 Å². The smallest absolute Gasteiger partial charge is 0.252 e. The van der Waals surface area contributed by atoms with Crippen LogP contribution in [0.15, 0.2) is 36.4 Å². The Hall–Kier alpha value is -1.75. The van der Waals surface area contributed by atoms with Gasteiger partial charge in [0, 0.05) is 18.0 Å². The monoisotopic (exact) mass is 378 g/mol. The number of halogens is 2. The fourth-order valence-electron chi connectivity index (χ4n) is 2.97. The van der Waals surface area contributed by atoms with Crippen molar-refractivity contribution in [1.82, 2.24) is 10.2 Å². The number of hydrogen-bond donors (Lipinski definition) is 1. The number of likely N-dealkylation sites (N-methyl/N-ethyl adjacent to an activating group) is 1. The normalized spacial score (nSPS) is 14.1. The lowest BCUT2D eigenvalue weighted by molar-refractivity contribution is 0.0942. The fraction of sp³-hybridized carbons (Fsp3) is 0.316. The topological polar surface area (TPSA) is 41.6 Å². The number of fused-ring (bicyclic) bond motifs is 1. The van der Waals surface area contributed by atoms with Gasteiger partial charge in [-0.05, 0) is 49.5 Å².